The topological polar surface area (TPSA) is 87.0 Å². The molecule has 0 aliphatic carbocycles. The Labute approximate surface area is 130 Å². The minimum atomic E-state index is -3.06. The third kappa shape index (κ3) is 4.18. The standard InChI is InChI=1S/C16H18N2O3S/c1-2-12-3-5-13(6-4-12)9-14(10-17)16(19)18-15-7-8-22(20,21)11-15/h3-6,9,15H,2,7-8,11H2,1H3,(H,18,19)/b14-9+. The highest BCUT2D eigenvalue weighted by Gasteiger charge is 2.29. The number of nitrogens with one attached hydrogen (secondary N) is 1. The number of amides is 1. The van der Waals surface area contributed by atoms with Gasteiger partial charge in [-0.1, -0.05) is 31.2 Å². The van der Waals surface area contributed by atoms with E-state index in [0.717, 1.165) is 12.0 Å². The zero-order chi connectivity index (χ0) is 16.2. The Hall–Kier alpha value is -2.13. The molecule has 0 radical (unpaired) electrons. The second kappa shape index (κ2) is 6.75. The van der Waals surface area contributed by atoms with Crippen LogP contribution in [0.25, 0.3) is 6.08 Å². The summed E-state index contributed by atoms with van der Waals surface area (Å²) in [6, 6.07) is 9.06. The fourth-order valence-electron chi connectivity index (χ4n) is 2.34. The second-order valence-corrected chi connectivity index (χ2v) is 7.57. The summed E-state index contributed by atoms with van der Waals surface area (Å²) >= 11 is 0. The maximum absolute atomic E-state index is 12.1. The summed E-state index contributed by atoms with van der Waals surface area (Å²) in [4.78, 5) is 12.1. The fourth-order valence-corrected chi connectivity index (χ4v) is 4.01. The van der Waals surface area contributed by atoms with E-state index >= 15 is 0 Å². The summed E-state index contributed by atoms with van der Waals surface area (Å²) in [5, 5.41) is 11.8. The molecule has 0 aromatic heterocycles. The predicted octanol–water partition coefficient (Wildman–Crippen LogP) is 1.46. The molecule has 1 aromatic carbocycles. The van der Waals surface area contributed by atoms with Crippen LogP contribution in [0, 0.1) is 11.3 Å². The lowest BCUT2D eigenvalue weighted by atomic mass is 10.1. The Morgan fingerprint density at radius 3 is 2.59 bits per heavy atom. The van der Waals surface area contributed by atoms with E-state index in [4.69, 9.17) is 5.26 Å². The molecule has 1 atom stereocenters. The Morgan fingerprint density at radius 2 is 2.09 bits per heavy atom. The third-order valence-electron chi connectivity index (χ3n) is 3.63. The van der Waals surface area contributed by atoms with Crippen LogP contribution < -0.4 is 5.32 Å². The lowest BCUT2D eigenvalue weighted by Crippen LogP contribution is -2.36. The molecule has 2 rings (SSSR count). The van der Waals surface area contributed by atoms with Gasteiger partial charge in [0, 0.05) is 6.04 Å². The average molecular weight is 318 g/mol. The number of carbonyl (C=O) groups excluding carboxylic acids is 1. The number of carbonyl (C=O) groups is 1. The zero-order valence-electron chi connectivity index (χ0n) is 12.4. The SMILES string of the molecule is CCc1ccc(/C=C(\C#N)C(=O)NC2CCS(=O)(=O)C2)cc1. The maximum Gasteiger partial charge on any atom is 0.262 e. The minimum Gasteiger partial charge on any atom is -0.348 e. The van der Waals surface area contributed by atoms with Gasteiger partial charge < -0.3 is 5.32 Å². The van der Waals surface area contributed by atoms with Crippen molar-refractivity contribution in [2.45, 2.75) is 25.8 Å². The maximum atomic E-state index is 12.1. The van der Waals surface area contributed by atoms with Crippen molar-refractivity contribution in [1.29, 1.82) is 5.26 Å². The predicted molar refractivity (Wildman–Crippen MR) is 84.6 cm³/mol. The van der Waals surface area contributed by atoms with Gasteiger partial charge in [-0.2, -0.15) is 5.26 Å². The van der Waals surface area contributed by atoms with E-state index in [1.165, 1.54) is 11.6 Å². The molecular formula is C16H18N2O3S. The summed E-state index contributed by atoms with van der Waals surface area (Å²) < 4.78 is 22.8. The first-order chi connectivity index (χ1) is 10.4. The first-order valence-corrected chi connectivity index (χ1v) is 8.97. The third-order valence-corrected chi connectivity index (χ3v) is 5.40. The molecule has 1 saturated heterocycles. The highest BCUT2D eigenvalue weighted by atomic mass is 32.2. The molecule has 22 heavy (non-hydrogen) atoms. The van der Waals surface area contributed by atoms with Crippen molar-refractivity contribution in [3.8, 4) is 6.07 Å². The summed E-state index contributed by atoms with van der Waals surface area (Å²) in [6.45, 7) is 2.05. The number of hydrogen-bond acceptors (Lipinski definition) is 4. The number of aryl methyl sites for hydroxylation is 1. The van der Waals surface area contributed by atoms with Gasteiger partial charge in [-0.05, 0) is 30.0 Å². The van der Waals surface area contributed by atoms with Gasteiger partial charge in [0.2, 0.25) is 0 Å². The van der Waals surface area contributed by atoms with Gasteiger partial charge in [0.25, 0.3) is 5.91 Å². The lowest BCUT2D eigenvalue weighted by Gasteiger charge is -2.09. The largest absolute Gasteiger partial charge is 0.348 e. The van der Waals surface area contributed by atoms with E-state index in [1.54, 1.807) is 0 Å². The highest BCUT2D eigenvalue weighted by molar-refractivity contribution is 7.91. The van der Waals surface area contributed by atoms with Crippen LogP contribution in [0.5, 0.6) is 0 Å². The minimum absolute atomic E-state index is 0.0199. The number of hydrogen-bond donors (Lipinski definition) is 1. The molecule has 1 aromatic rings. The molecule has 1 unspecified atom stereocenters. The molecule has 0 saturated carbocycles. The number of nitrogens with zero attached hydrogens (tertiary/aromatic N) is 1. The van der Waals surface area contributed by atoms with Gasteiger partial charge in [0.05, 0.1) is 11.5 Å². The Kier molecular flexibility index (Phi) is 4.99. The van der Waals surface area contributed by atoms with Crippen molar-refractivity contribution in [2.24, 2.45) is 0 Å². The lowest BCUT2D eigenvalue weighted by molar-refractivity contribution is -0.117. The molecule has 0 spiro atoms. The Bertz CT molecular complexity index is 728. The van der Waals surface area contributed by atoms with Crippen molar-refractivity contribution in [1.82, 2.24) is 5.32 Å². The molecule has 0 bridgehead atoms. The number of benzene rings is 1. The first kappa shape index (κ1) is 16.2. The molecule has 1 amide bonds. The van der Waals surface area contributed by atoms with E-state index in [2.05, 4.69) is 12.2 Å². The zero-order valence-corrected chi connectivity index (χ0v) is 13.2. The van der Waals surface area contributed by atoms with Crippen molar-refractivity contribution in [3.63, 3.8) is 0 Å². The van der Waals surface area contributed by atoms with E-state index in [9.17, 15) is 13.2 Å². The van der Waals surface area contributed by atoms with Gasteiger partial charge in [0.1, 0.15) is 11.6 Å². The van der Waals surface area contributed by atoms with Crippen LogP contribution in [0.2, 0.25) is 0 Å². The summed E-state index contributed by atoms with van der Waals surface area (Å²) in [7, 11) is -3.06. The fraction of sp³-hybridized carbons (Fsp3) is 0.375. The number of rotatable bonds is 4. The van der Waals surface area contributed by atoms with Crippen LogP contribution in [0.15, 0.2) is 29.8 Å². The summed E-state index contributed by atoms with van der Waals surface area (Å²) in [6.07, 6.45) is 2.84. The first-order valence-electron chi connectivity index (χ1n) is 7.15. The van der Waals surface area contributed by atoms with E-state index in [1.807, 2.05) is 30.3 Å². The smallest absolute Gasteiger partial charge is 0.262 e. The molecule has 5 nitrogen and oxygen atoms in total. The summed E-state index contributed by atoms with van der Waals surface area (Å²) in [5.74, 6) is -0.492. The van der Waals surface area contributed by atoms with Crippen molar-refractivity contribution >= 4 is 21.8 Å². The molecule has 1 heterocycles. The Balaban J connectivity index is 2.08. The normalized spacial score (nSPS) is 20.4. The highest BCUT2D eigenvalue weighted by Crippen LogP contribution is 2.13. The molecule has 1 aliphatic rings. The molecule has 1 fully saturated rings. The van der Waals surface area contributed by atoms with Crippen molar-refractivity contribution in [2.75, 3.05) is 11.5 Å². The monoisotopic (exact) mass is 318 g/mol. The summed E-state index contributed by atoms with van der Waals surface area (Å²) in [5.41, 5.74) is 1.92. The van der Waals surface area contributed by atoms with Gasteiger partial charge in [-0.15, -0.1) is 0 Å². The molecule has 6 heteroatoms. The Morgan fingerprint density at radius 1 is 1.41 bits per heavy atom. The average Bonchev–Trinajstić information content (AvgIpc) is 2.84. The van der Waals surface area contributed by atoms with Crippen LogP contribution >= 0.6 is 0 Å². The van der Waals surface area contributed by atoms with Crippen LogP contribution in [0.3, 0.4) is 0 Å². The van der Waals surface area contributed by atoms with Crippen molar-refractivity contribution < 1.29 is 13.2 Å². The van der Waals surface area contributed by atoms with E-state index in [0.29, 0.717) is 6.42 Å². The van der Waals surface area contributed by atoms with Crippen LogP contribution in [-0.2, 0) is 21.1 Å². The quantitative estimate of drug-likeness (QED) is 0.672. The van der Waals surface area contributed by atoms with Crippen LogP contribution in [-0.4, -0.2) is 31.9 Å². The molecule has 116 valence electrons. The van der Waals surface area contributed by atoms with Gasteiger partial charge in [-0.3, -0.25) is 4.79 Å². The molecule has 1 N–H and O–H groups in total. The van der Waals surface area contributed by atoms with Crippen LogP contribution in [0.1, 0.15) is 24.5 Å². The van der Waals surface area contributed by atoms with E-state index in [-0.39, 0.29) is 17.1 Å². The molecule has 1 aliphatic heterocycles. The van der Waals surface area contributed by atoms with Crippen LogP contribution in [0.4, 0.5) is 0 Å². The second-order valence-electron chi connectivity index (χ2n) is 5.34. The van der Waals surface area contributed by atoms with Gasteiger partial charge in [0.15, 0.2) is 9.84 Å². The number of nitriles is 1. The molecular weight excluding hydrogens is 300 g/mol. The van der Waals surface area contributed by atoms with Gasteiger partial charge in [-0.25, -0.2) is 8.42 Å². The van der Waals surface area contributed by atoms with E-state index < -0.39 is 21.8 Å². The van der Waals surface area contributed by atoms with Crippen molar-refractivity contribution in [3.05, 3.63) is 41.0 Å². The van der Waals surface area contributed by atoms with Gasteiger partial charge >= 0.3 is 0 Å². The number of sulfone groups is 1.